The maximum absolute atomic E-state index is 6.19. The molecule has 0 bridgehead atoms. The molecule has 0 fully saturated rings. The Kier molecular flexibility index (Phi) is 8.45. The Balaban J connectivity index is 0.973. The zero-order valence-electron chi connectivity index (χ0n) is 32.0. The van der Waals surface area contributed by atoms with Crippen LogP contribution in [0.5, 0.6) is 0 Å². The average Bonchev–Trinajstić information content (AvgIpc) is 3.71. The van der Waals surface area contributed by atoms with E-state index in [4.69, 9.17) is 19.4 Å². The van der Waals surface area contributed by atoms with Gasteiger partial charge in [-0.15, -0.1) is 0 Å². The van der Waals surface area contributed by atoms with Crippen LogP contribution in [0.1, 0.15) is 0 Å². The van der Waals surface area contributed by atoms with E-state index < -0.39 is 0 Å². The Morgan fingerprint density at radius 2 is 0.695 bits per heavy atom. The summed E-state index contributed by atoms with van der Waals surface area (Å²) in [6, 6.07) is 74.1. The Morgan fingerprint density at radius 3 is 1.37 bits per heavy atom. The fraction of sp³-hybridized carbons (Fsp3) is 0. The highest BCUT2D eigenvalue weighted by atomic mass is 16.3. The van der Waals surface area contributed by atoms with Gasteiger partial charge in [0.25, 0.3) is 0 Å². The lowest BCUT2D eigenvalue weighted by Gasteiger charge is -2.11. The fourth-order valence-electron chi connectivity index (χ4n) is 8.12. The van der Waals surface area contributed by atoms with Crippen molar-refractivity contribution in [1.82, 2.24) is 15.0 Å². The molecule has 0 aliphatic carbocycles. The van der Waals surface area contributed by atoms with E-state index in [1.54, 1.807) is 0 Å². The summed E-state index contributed by atoms with van der Waals surface area (Å²) < 4.78 is 6.19. The zero-order valence-corrected chi connectivity index (χ0v) is 32.0. The number of aromatic nitrogens is 3. The molecule has 11 rings (SSSR count). The van der Waals surface area contributed by atoms with E-state index in [1.807, 2.05) is 30.3 Å². The highest BCUT2D eigenvalue weighted by Crippen LogP contribution is 2.38. The maximum Gasteiger partial charge on any atom is 0.164 e. The Hall–Kier alpha value is -7.95. The van der Waals surface area contributed by atoms with Crippen LogP contribution < -0.4 is 0 Å². The molecule has 4 heteroatoms. The zero-order chi connectivity index (χ0) is 39.1. The predicted octanol–water partition coefficient (Wildman–Crippen LogP) is 14.6. The minimum absolute atomic E-state index is 0.621. The van der Waals surface area contributed by atoms with Crippen LogP contribution in [0.4, 0.5) is 0 Å². The van der Waals surface area contributed by atoms with Crippen LogP contribution in [-0.2, 0) is 0 Å². The normalized spacial score (nSPS) is 11.4. The summed E-state index contributed by atoms with van der Waals surface area (Å²) in [5.74, 6) is 1.87. The predicted molar refractivity (Wildman–Crippen MR) is 243 cm³/mol. The SMILES string of the molecule is c1ccc(-c2ccc(-c3nc(-c4cccc(-c5ccccc5)c4)nc(-c4cccc(-c5ccc6cc(-c7cccc8oc9ccccc9c78)ccc6c5)c4)n3)cc2)cc1. The molecule has 0 aliphatic rings. The molecule has 0 N–H and O–H groups in total. The summed E-state index contributed by atoms with van der Waals surface area (Å²) in [7, 11) is 0. The minimum Gasteiger partial charge on any atom is -0.456 e. The molecule has 276 valence electrons. The maximum atomic E-state index is 6.19. The van der Waals surface area contributed by atoms with Gasteiger partial charge < -0.3 is 4.42 Å². The highest BCUT2D eigenvalue weighted by Gasteiger charge is 2.16. The van der Waals surface area contributed by atoms with Gasteiger partial charge in [0.05, 0.1) is 0 Å². The topological polar surface area (TPSA) is 51.8 Å². The van der Waals surface area contributed by atoms with E-state index in [0.29, 0.717) is 17.5 Å². The Labute approximate surface area is 341 Å². The van der Waals surface area contributed by atoms with E-state index in [9.17, 15) is 0 Å². The molecule has 59 heavy (non-hydrogen) atoms. The molecular weight excluding hydrogens is 719 g/mol. The van der Waals surface area contributed by atoms with Crippen molar-refractivity contribution in [3.8, 4) is 78.7 Å². The Morgan fingerprint density at radius 1 is 0.271 bits per heavy atom. The lowest BCUT2D eigenvalue weighted by atomic mass is 9.95. The molecule has 0 saturated carbocycles. The van der Waals surface area contributed by atoms with Gasteiger partial charge in [-0.1, -0.05) is 176 Å². The molecule has 0 unspecified atom stereocenters. The van der Waals surface area contributed by atoms with Gasteiger partial charge in [0, 0.05) is 27.5 Å². The highest BCUT2D eigenvalue weighted by molar-refractivity contribution is 6.13. The van der Waals surface area contributed by atoms with Crippen LogP contribution in [0.15, 0.2) is 217 Å². The van der Waals surface area contributed by atoms with Gasteiger partial charge in [-0.2, -0.15) is 0 Å². The summed E-state index contributed by atoms with van der Waals surface area (Å²) in [6.45, 7) is 0. The van der Waals surface area contributed by atoms with E-state index in [2.05, 4.69) is 182 Å². The summed E-state index contributed by atoms with van der Waals surface area (Å²) >= 11 is 0. The van der Waals surface area contributed by atoms with Gasteiger partial charge in [-0.25, -0.2) is 15.0 Å². The standard InChI is InChI=1S/C55H35N3O/c1-3-12-36(13-4-1)38-24-26-39(27-25-38)53-56-54(46-18-9-16-40(34-46)37-14-5-2-6-15-37)58-55(57-53)47-19-10-17-41(35-47)42-28-29-44-33-45(31-30-43(44)32-42)48-21-11-23-51-52(48)49-20-7-8-22-50(49)59-51/h1-35H. The van der Waals surface area contributed by atoms with Crippen molar-refractivity contribution in [1.29, 1.82) is 0 Å². The van der Waals surface area contributed by atoms with Crippen LogP contribution in [0.2, 0.25) is 0 Å². The number of para-hydroxylation sites is 1. The van der Waals surface area contributed by atoms with Gasteiger partial charge in [-0.05, 0) is 91.7 Å². The van der Waals surface area contributed by atoms with Gasteiger partial charge in [-0.3, -0.25) is 0 Å². The fourth-order valence-corrected chi connectivity index (χ4v) is 8.12. The number of benzene rings is 9. The average molecular weight is 754 g/mol. The summed E-state index contributed by atoms with van der Waals surface area (Å²) in [6.07, 6.45) is 0. The molecule has 2 aromatic heterocycles. The van der Waals surface area contributed by atoms with Crippen LogP contribution in [0.3, 0.4) is 0 Å². The van der Waals surface area contributed by atoms with Crippen molar-refractivity contribution in [2.75, 3.05) is 0 Å². The van der Waals surface area contributed by atoms with Crippen molar-refractivity contribution in [2.24, 2.45) is 0 Å². The van der Waals surface area contributed by atoms with Crippen molar-refractivity contribution in [3.63, 3.8) is 0 Å². The molecule has 0 amide bonds. The third-order valence-electron chi connectivity index (χ3n) is 11.1. The summed E-state index contributed by atoms with van der Waals surface area (Å²) in [4.78, 5) is 15.3. The Bertz CT molecular complexity index is 3320. The second-order valence-electron chi connectivity index (χ2n) is 14.8. The molecule has 0 atom stereocenters. The number of rotatable bonds is 7. The van der Waals surface area contributed by atoms with Crippen molar-refractivity contribution in [2.45, 2.75) is 0 Å². The first-order chi connectivity index (χ1) is 29.2. The number of nitrogens with zero attached hydrogens (tertiary/aromatic N) is 3. The molecule has 11 aromatic rings. The molecule has 4 nitrogen and oxygen atoms in total. The summed E-state index contributed by atoms with van der Waals surface area (Å²) in [5.41, 5.74) is 13.7. The minimum atomic E-state index is 0.621. The van der Waals surface area contributed by atoms with Gasteiger partial charge in [0.1, 0.15) is 11.2 Å². The first-order valence-electron chi connectivity index (χ1n) is 19.8. The van der Waals surface area contributed by atoms with Gasteiger partial charge in [0.15, 0.2) is 17.5 Å². The monoisotopic (exact) mass is 753 g/mol. The van der Waals surface area contributed by atoms with Crippen molar-refractivity contribution in [3.05, 3.63) is 212 Å². The van der Waals surface area contributed by atoms with Crippen molar-refractivity contribution < 1.29 is 4.42 Å². The molecule has 0 radical (unpaired) electrons. The second kappa shape index (κ2) is 14.5. The van der Waals surface area contributed by atoms with Gasteiger partial charge >= 0.3 is 0 Å². The van der Waals surface area contributed by atoms with E-state index in [0.717, 1.165) is 72.0 Å². The van der Waals surface area contributed by atoms with E-state index in [-0.39, 0.29) is 0 Å². The van der Waals surface area contributed by atoms with E-state index >= 15 is 0 Å². The molecule has 0 spiro atoms. The van der Waals surface area contributed by atoms with Gasteiger partial charge in [0.2, 0.25) is 0 Å². The number of furan rings is 1. The lowest BCUT2D eigenvalue weighted by Crippen LogP contribution is -2.00. The lowest BCUT2D eigenvalue weighted by molar-refractivity contribution is 0.669. The molecular formula is C55H35N3O. The van der Waals surface area contributed by atoms with Crippen molar-refractivity contribution >= 4 is 32.7 Å². The van der Waals surface area contributed by atoms with E-state index in [1.165, 1.54) is 21.9 Å². The molecule has 2 heterocycles. The molecule has 9 aromatic carbocycles. The largest absolute Gasteiger partial charge is 0.456 e. The number of fused-ring (bicyclic) bond motifs is 4. The third kappa shape index (κ3) is 6.53. The quantitative estimate of drug-likeness (QED) is 0.163. The molecule has 0 aliphatic heterocycles. The van der Waals surface area contributed by atoms with Crippen LogP contribution in [-0.4, -0.2) is 15.0 Å². The number of hydrogen-bond acceptors (Lipinski definition) is 4. The number of hydrogen-bond donors (Lipinski definition) is 0. The third-order valence-corrected chi connectivity index (χ3v) is 11.1. The first-order valence-corrected chi connectivity index (χ1v) is 19.8. The first kappa shape index (κ1) is 34.3. The second-order valence-corrected chi connectivity index (χ2v) is 14.8. The van der Waals surface area contributed by atoms with Crippen LogP contribution in [0, 0.1) is 0 Å². The summed E-state index contributed by atoms with van der Waals surface area (Å²) in [5, 5.41) is 4.62. The van der Waals surface area contributed by atoms with Crippen LogP contribution >= 0.6 is 0 Å². The molecule has 0 saturated heterocycles. The smallest absolute Gasteiger partial charge is 0.164 e. The van der Waals surface area contributed by atoms with Crippen LogP contribution in [0.25, 0.3) is 111 Å².